The Morgan fingerprint density at radius 2 is 1.71 bits per heavy atom. The van der Waals surface area contributed by atoms with E-state index in [1.54, 1.807) is 19.1 Å². The molecule has 9 heteroatoms. The molecule has 0 radical (unpaired) electrons. The van der Waals surface area contributed by atoms with E-state index >= 15 is 0 Å². The lowest BCUT2D eigenvalue weighted by Gasteiger charge is -2.34. The number of imide groups is 1. The van der Waals surface area contributed by atoms with Crippen LogP contribution < -0.4 is 15.5 Å². The van der Waals surface area contributed by atoms with Gasteiger partial charge in [-0.1, -0.05) is 26.0 Å². The average Bonchev–Trinajstić information content (AvgIpc) is 2.72. The molecule has 1 fully saturated rings. The summed E-state index contributed by atoms with van der Waals surface area (Å²) in [6.45, 7) is 7.65. The lowest BCUT2D eigenvalue weighted by molar-refractivity contribution is -0.917. The molecule has 0 bridgehead atoms. The third-order valence-corrected chi connectivity index (χ3v) is 7.45. The minimum atomic E-state index is -3.55. The van der Waals surface area contributed by atoms with Gasteiger partial charge in [0.1, 0.15) is 0 Å². The van der Waals surface area contributed by atoms with Crippen molar-refractivity contribution in [1.82, 2.24) is 14.9 Å². The number of quaternary nitrogens is 1. The van der Waals surface area contributed by atoms with Crippen LogP contribution in [0.15, 0.2) is 29.2 Å². The predicted octanol–water partition coefficient (Wildman–Crippen LogP) is -0.0666. The average molecular weight is 412 g/mol. The second kappa shape index (κ2) is 9.49. The van der Waals surface area contributed by atoms with E-state index < -0.39 is 22.1 Å². The highest BCUT2D eigenvalue weighted by molar-refractivity contribution is 7.89. The predicted molar refractivity (Wildman–Crippen MR) is 107 cm³/mol. The maximum Gasteiger partial charge on any atom is 0.321 e. The van der Waals surface area contributed by atoms with E-state index in [4.69, 9.17) is 0 Å². The van der Waals surface area contributed by atoms with Crippen molar-refractivity contribution >= 4 is 22.0 Å². The number of urea groups is 1. The van der Waals surface area contributed by atoms with Crippen LogP contribution in [0.3, 0.4) is 0 Å². The fourth-order valence-electron chi connectivity index (χ4n) is 3.27. The molecule has 3 N–H and O–H groups in total. The van der Waals surface area contributed by atoms with Crippen molar-refractivity contribution in [2.24, 2.45) is 0 Å². The second-order valence-electron chi connectivity index (χ2n) is 7.23. The molecule has 1 aromatic rings. The molecule has 0 unspecified atom stereocenters. The molecule has 1 aromatic carbocycles. The van der Waals surface area contributed by atoms with Gasteiger partial charge in [0.25, 0.3) is 5.91 Å². The smallest absolute Gasteiger partial charge is 0.321 e. The summed E-state index contributed by atoms with van der Waals surface area (Å²) < 4.78 is 27.3. The lowest BCUT2D eigenvalue weighted by atomic mass is 9.99. The number of sulfonamides is 1. The van der Waals surface area contributed by atoms with Gasteiger partial charge in [-0.3, -0.25) is 10.1 Å². The molecular weight excluding hydrogens is 380 g/mol. The van der Waals surface area contributed by atoms with Crippen LogP contribution in [0.5, 0.6) is 0 Å². The zero-order valence-corrected chi connectivity index (χ0v) is 17.8. The Kier molecular flexibility index (Phi) is 7.56. The number of rotatable bonds is 6. The molecule has 1 aliphatic rings. The van der Waals surface area contributed by atoms with Crippen LogP contribution >= 0.6 is 0 Å². The number of carbonyl (C=O) groups excluding carboxylic acids is 2. The first-order valence-corrected chi connectivity index (χ1v) is 11.1. The van der Waals surface area contributed by atoms with E-state index in [-0.39, 0.29) is 5.91 Å². The molecule has 156 valence electrons. The first-order chi connectivity index (χ1) is 13.2. The summed E-state index contributed by atoms with van der Waals surface area (Å²) in [4.78, 5) is 24.7. The number of amides is 3. The van der Waals surface area contributed by atoms with E-state index in [1.165, 1.54) is 11.4 Å². The van der Waals surface area contributed by atoms with Gasteiger partial charge in [0.2, 0.25) is 10.0 Å². The number of hydrogen-bond donors (Lipinski definition) is 3. The van der Waals surface area contributed by atoms with Crippen molar-refractivity contribution in [3.8, 4) is 0 Å². The fraction of sp³-hybridized carbons (Fsp3) is 0.579. The van der Waals surface area contributed by atoms with Gasteiger partial charge in [-0.05, 0) is 37.0 Å². The third-order valence-electron chi connectivity index (χ3n) is 5.53. The van der Waals surface area contributed by atoms with E-state index in [0.29, 0.717) is 37.0 Å². The van der Waals surface area contributed by atoms with Crippen molar-refractivity contribution in [2.75, 3.05) is 33.2 Å². The zero-order chi connectivity index (χ0) is 20.9. The van der Waals surface area contributed by atoms with E-state index in [2.05, 4.69) is 24.5 Å². The summed E-state index contributed by atoms with van der Waals surface area (Å²) in [5.74, 6) is 0.0256. The Balaban J connectivity index is 1.99. The summed E-state index contributed by atoms with van der Waals surface area (Å²) in [7, 11) is -2.10. The first-order valence-electron chi connectivity index (χ1n) is 9.68. The van der Waals surface area contributed by atoms with Gasteiger partial charge in [-0.2, -0.15) is 4.31 Å². The van der Waals surface area contributed by atoms with Gasteiger partial charge in [-0.15, -0.1) is 0 Å². The second-order valence-corrected chi connectivity index (χ2v) is 9.17. The highest BCUT2D eigenvalue weighted by Crippen LogP contribution is 2.22. The normalized spacial score (nSPS) is 18.3. The van der Waals surface area contributed by atoms with Gasteiger partial charge in [0.15, 0.2) is 6.04 Å². The number of piperazine rings is 1. The van der Waals surface area contributed by atoms with Crippen molar-refractivity contribution in [1.29, 1.82) is 0 Å². The van der Waals surface area contributed by atoms with Crippen molar-refractivity contribution in [3.05, 3.63) is 29.8 Å². The molecular formula is C19H31N4O4S+. The maximum atomic E-state index is 12.9. The molecule has 1 heterocycles. The molecule has 0 spiro atoms. The lowest BCUT2D eigenvalue weighted by Crippen LogP contribution is -3.19. The van der Waals surface area contributed by atoms with Gasteiger partial charge in [0.05, 0.1) is 31.1 Å². The van der Waals surface area contributed by atoms with Crippen LogP contribution in [0.25, 0.3) is 0 Å². The number of hydrogen-bond acceptors (Lipinski definition) is 4. The molecule has 8 nitrogen and oxygen atoms in total. The monoisotopic (exact) mass is 411 g/mol. The Labute approximate surface area is 167 Å². The molecule has 0 aliphatic carbocycles. The number of nitrogens with zero attached hydrogens (tertiary/aromatic N) is 1. The van der Waals surface area contributed by atoms with Gasteiger partial charge >= 0.3 is 6.03 Å². The molecule has 2 atom stereocenters. The van der Waals surface area contributed by atoms with Crippen LogP contribution in [-0.4, -0.2) is 63.9 Å². The molecule has 3 amide bonds. The van der Waals surface area contributed by atoms with Crippen LogP contribution in [0.1, 0.15) is 38.7 Å². The summed E-state index contributed by atoms with van der Waals surface area (Å²) in [5, 5.41) is 4.62. The van der Waals surface area contributed by atoms with Gasteiger partial charge in [-0.25, -0.2) is 13.2 Å². The molecule has 28 heavy (non-hydrogen) atoms. The van der Waals surface area contributed by atoms with Gasteiger partial charge < -0.3 is 10.2 Å². The first kappa shape index (κ1) is 22.3. The Bertz CT molecular complexity index is 787. The van der Waals surface area contributed by atoms with Crippen molar-refractivity contribution < 1.29 is 22.9 Å². The van der Waals surface area contributed by atoms with Crippen molar-refractivity contribution in [3.63, 3.8) is 0 Å². The molecule has 1 aliphatic heterocycles. The minimum absolute atomic E-state index is 0.299. The third kappa shape index (κ3) is 5.09. The maximum absolute atomic E-state index is 12.9. The molecule has 0 aromatic heterocycles. The summed E-state index contributed by atoms with van der Waals surface area (Å²) in [6.07, 6.45) is 1.00. The SMILES string of the molecule is CC[C@@H](C)c1ccc(S(=O)(=O)N2CC[NH+]([C@@H](C)C(=O)NC(=O)NC)CC2)cc1. The quantitative estimate of drug-likeness (QED) is 0.610. The highest BCUT2D eigenvalue weighted by Gasteiger charge is 2.34. The topological polar surface area (TPSA) is 100 Å². The fourth-order valence-corrected chi connectivity index (χ4v) is 4.71. The Morgan fingerprint density at radius 3 is 2.21 bits per heavy atom. The van der Waals surface area contributed by atoms with E-state index in [0.717, 1.165) is 16.9 Å². The summed E-state index contributed by atoms with van der Waals surface area (Å²) >= 11 is 0. The van der Waals surface area contributed by atoms with E-state index in [1.807, 2.05) is 12.1 Å². The Morgan fingerprint density at radius 1 is 1.14 bits per heavy atom. The molecule has 1 saturated heterocycles. The number of carbonyl (C=O) groups is 2. The zero-order valence-electron chi connectivity index (χ0n) is 17.0. The molecule has 0 saturated carbocycles. The van der Waals surface area contributed by atoms with Crippen LogP contribution in [0.2, 0.25) is 0 Å². The largest absolute Gasteiger partial charge is 0.341 e. The van der Waals surface area contributed by atoms with Gasteiger partial charge in [0, 0.05) is 7.05 Å². The summed E-state index contributed by atoms with van der Waals surface area (Å²) in [5.41, 5.74) is 1.13. The summed E-state index contributed by atoms with van der Waals surface area (Å²) in [6, 6.07) is 6.14. The van der Waals surface area contributed by atoms with Crippen LogP contribution in [0.4, 0.5) is 4.79 Å². The van der Waals surface area contributed by atoms with Crippen molar-refractivity contribution in [2.45, 2.75) is 44.0 Å². The highest BCUT2D eigenvalue weighted by atomic mass is 32.2. The van der Waals surface area contributed by atoms with Crippen LogP contribution in [0, 0.1) is 0 Å². The standard InChI is InChI=1S/C19H30N4O4S/c1-5-14(2)16-6-8-17(9-7-16)28(26,27)23-12-10-22(11-13-23)15(3)18(24)21-19(25)20-4/h6-9,14-15H,5,10-13H2,1-4H3,(H2,20,21,24,25)/p+1/t14-,15+/m1/s1. The number of benzene rings is 1. The Hall–Kier alpha value is -1.97. The number of nitrogens with one attached hydrogen (secondary N) is 3. The minimum Gasteiger partial charge on any atom is -0.341 e. The van der Waals surface area contributed by atoms with E-state index in [9.17, 15) is 18.0 Å². The van der Waals surface area contributed by atoms with Crippen LogP contribution in [-0.2, 0) is 14.8 Å². The molecule has 2 rings (SSSR count).